The summed E-state index contributed by atoms with van der Waals surface area (Å²) in [6.07, 6.45) is 2.74. The highest BCUT2D eigenvalue weighted by Crippen LogP contribution is 2.34. The summed E-state index contributed by atoms with van der Waals surface area (Å²) < 4.78 is 16.8. The number of methoxy groups -OCH3 is 2. The van der Waals surface area contributed by atoms with E-state index in [-0.39, 0.29) is 6.04 Å². The van der Waals surface area contributed by atoms with Crippen molar-refractivity contribution in [1.29, 1.82) is 0 Å². The summed E-state index contributed by atoms with van der Waals surface area (Å²) in [7, 11) is 3.28. The summed E-state index contributed by atoms with van der Waals surface area (Å²) in [5, 5.41) is 3.53. The Hall–Kier alpha value is -1.46. The number of nitrogens with one attached hydrogen (secondary N) is 1. The fourth-order valence-corrected chi connectivity index (χ4v) is 2.71. The van der Waals surface area contributed by atoms with E-state index in [0.29, 0.717) is 0 Å². The van der Waals surface area contributed by atoms with Gasteiger partial charge in [0.15, 0.2) is 16.2 Å². The predicted octanol–water partition coefficient (Wildman–Crippen LogP) is 4.15. The van der Waals surface area contributed by atoms with Gasteiger partial charge in [-0.15, -0.1) is 0 Å². The highest BCUT2D eigenvalue weighted by Gasteiger charge is 2.19. The van der Waals surface area contributed by atoms with E-state index in [0.717, 1.165) is 40.3 Å². The number of benzene rings is 1. The topological polar surface area (TPSA) is 43.6 Å². The monoisotopic (exact) mass is 353 g/mol. The lowest BCUT2D eigenvalue weighted by atomic mass is 10.0. The molecule has 1 N–H and O–H groups in total. The zero-order valence-electron chi connectivity index (χ0n) is 12.5. The smallest absolute Gasteiger partial charge is 0.174 e. The van der Waals surface area contributed by atoms with Gasteiger partial charge in [-0.3, -0.25) is 0 Å². The lowest BCUT2D eigenvalue weighted by molar-refractivity contribution is 0.354. The first-order valence-electron chi connectivity index (χ1n) is 6.89. The Bertz CT molecular complexity index is 583. The molecule has 0 saturated heterocycles. The van der Waals surface area contributed by atoms with Crippen LogP contribution < -0.4 is 14.8 Å². The van der Waals surface area contributed by atoms with Crippen LogP contribution in [-0.2, 0) is 0 Å². The number of rotatable bonds is 7. The van der Waals surface area contributed by atoms with Crippen LogP contribution in [0.3, 0.4) is 0 Å². The van der Waals surface area contributed by atoms with Gasteiger partial charge in [0.2, 0.25) is 0 Å². The van der Waals surface area contributed by atoms with Crippen molar-refractivity contribution in [3.63, 3.8) is 0 Å². The van der Waals surface area contributed by atoms with Gasteiger partial charge in [-0.25, -0.2) is 0 Å². The summed E-state index contributed by atoms with van der Waals surface area (Å²) >= 11 is 3.46. The third kappa shape index (κ3) is 3.60. The predicted molar refractivity (Wildman–Crippen MR) is 86.1 cm³/mol. The molecule has 5 heteroatoms. The second-order valence-electron chi connectivity index (χ2n) is 4.65. The third-order valence-electron chi connectivity index (χ3n) is 3.30. The van der Waals surface area contributed by atoms with Crippen molar-refractivity contribution >= 4 is 15.9 Å². The van der Waals surface area contributed by atoms with Gasteiger partial charge in [0.05, 0.1) is 26.5 Å². The van der Waals surface area contributed by atoms with Crippen LogP contribution in [0.4, 0.5) is 0 Å². The second kappa shape index (κ2) is 7.52. The molecule has 2 aromatic rings. The van der Waals surface area contributed by atoms with Crippen LogP contribution in [0.1, 0.15) is 30.5 Å². The van der Waals surface area contributed by atoms with Crippen molar-refractivity contribution in [3.8, 4) is 11.5 Å². The van der Waals surface area contributed by atoms with Gasteiger partial charge < -0.3 is 19.2 Å². The van der Waals surface area contributed by atoms with Crippen LogP contribution in [0.25, 0.3) is 0 Å². The van der Waals surface area contributed by atoms with Crippen LogP contribution in [0.5, 0.6) is 11.5 Å². The van der Waals surface area contributed by atoms with Crippen LogP contribution >= 0.6 is 15.9 Å². The molecule has 1 aromatic heterocycles. The summed E-state index contributed by atoms with van der Waals surface area (Å²) in [6.45, 7) is 3.06. The van der Waals surface area contributed by atoms with E-state index in [4.69, 9.17) is 13.9 Å². The van der Waals surface area contributed by atoms with Crippen molar-refractivity contribution in [3.05, 3.63) is 46.3 Å². The van der Waals surface area contributed by atoms with Crippen molar-refractivity contribution in [1.82, 2.24) is 5.32 Å². The summed E-state index contributed by atoms with van der Waals surface area (Å²) in [5.74, 6) is 1.44. The first-order valence-corrected chi connectivity index (χ1v) is 7.68. The van der Waals surface area contributed by atoms with Gasteiger partial charge >= 0.3 is 0 Å². The molecule has 1 aromatic carbocycles. The van der Waals surface area contributed by atoms with Crippen LogP contribution in [-0.4, -0.2) is 20.8 Å². The molecule has 0 bridgehead atoms. The molecule has 4 nitrogen and oxygen atoms in total. The van der Waals surface area contributed by atoms with E-state index in [2.05, 4.69) is 28.2 Å². The van der Waals surface area contributed by atoms with Gasteiger partial charge in [-0.1, -0.05) is 13.0 Å². The van der Waals surface area contributed by atoms with E-state index in [1.165, 1.54) is 0 Å². The molecule has 0 amide bonds. The molecule has 1 atom stereocenters. The molecule has 1 heterocycles. The highest BCUT2D eigenvalue weighted by molar-refractivity contribution is 9.10. The fraction of sp³-hybridized carbons (Fsp3) is 0.375. The highest BCUT2D eigenvalue weighted by atomic mass is 79.9. The molecular formula is C16H20BrNO3. The maximum Gasteiger partial charge on any atom is 0.174 e. The Labute approximate surface area is 133 Å². The van der Waals surface area contributed by atoms with Crippen molar-refractivity contribution in [2.75, 3.05) is 20.8 Å². The van der Waals surface area contributed by atoms with E-state index in [9.17, 15) is 0 Å². The van der Waals surface area contributed by atoms with E-state index >= 15 is 0 Å². The van der Waals surface area contributed by atoms with E-state index in [1.54, 1.807) is 20.5 Å². The molecule has 0 radical (unpaired) electrons. The summed E-state index contributed by atoms with van der Waals surface area (Å²) in [4.78, 5) is 0. The molecule has 0 aliphatic carbocycles. The number of halogens is 1. The normalized spacial score (nSPS) is 12.2. The zero-order chi connectivity index (χ0) is 15.2. The molecule has 0 aliphatic heterocycles. The third-order valence-corrected chi connectivity index (χ3v) is 3.94. The maximum atomic E-state index is 5.39. The van der Waals surface area contributed by atoms with Crippen molar-refractivity contribution in [2.24, 2.45) is 0 Å². The second-order valence-corrected chi connectivity index (χ2v) is 5.37. The molecule has 21 heavy (non-hydrogen) atoms. The van der Waals surface area contributed by atoms with E-state index < -0.39 is 0 Å². The average molecular weight is 354 g/mol. The van der Waals surface area contributed by atoms with Gasteiger partial charge in [-0.05, 0) is 52.7 Å². The molecular weight excluding hydrogens is 334 g/mol. The van der Waals surface area contributed by atoms with Gasteiger partial charge in [0.25, 0.3) is 0 Å². The quantitative estimate of drug-likeness (QED) is 0.811. The SMILES string of the molecule is CCCNC(c1ccc(OC)c(OC)c1)c1ccoc1Br. The Balaban J connectivity index is 2.39. The Morgan fingerprint density at radius 3 is 2.52 bits per heavy atom. The van der Waals surface area contributed by atoms with Gasteiger partial charge in [0.1, 0.15) is 0 Å². The minimum atomic E-state index is 0.0397. The number of hydrogen-bond acceptors (Lipinski definition) is 4. The van der Waals surface area contributed by atoms with Crippen LogP contribution in [0.15, 0.2) is 39.6 Å². The molecule has 0 fully saturated rings. The lowest BCUT2D eigenvalue weighted by Crippen LogP contribution is -2.23. The summed E-state index contributed by atoms with van der Waals surface area (Å²) in [5.41, 5.74) is 2.17. The minimum absolute atomic E-state index is 0.0397. The number of hydrogen-bond donors (Lipinski definition) is 1. The molecule has 0 spiro atoms. The zero-order valence-corrected chi connectivity index (χ0v) is 14.1. The molecule has 0 aliphatic rings. The van der Waals surface area contributed by atoms with Gasteiger partial charge in [-0.2, -0.15) is 0 Å². The molecule has 114 valence electrons. The Morgan fingerprint density at radius 1 is 1.19 bits per heavy atom. The molecule has 0 saturated carbocycles. The van der Waals surface area contributed by atoms with E-state index in [1.807, 2.05) is 24.3 Å². The molecule has 2 rings (SSSR count). The summed E-state index contributed by atoms with van der Waals surface area (Å²) in [6, 6.07) is 7.95. The number of ether oxygens (including phenoxy) is 2. The Morgan fingerprint density at radius 2 is 1.95 bits per heavy atom. The van der Waals surface area contributed by atoms with Crippen LogP contribution in [0, 0.1) is 0 Å². The largest absolute Gasteiger partial charge is 0.493 e. The Kier molecular flexibility index (Phi) is 5.70. The molecule has 1 unspecified atom stereocenters. The standard InChI is InChI=1S/C16H20BrNO3/c1-4-8-18-15(12-7-9-21-16(12)17)11-5-6-13(19-2)14(10-11)20-3/h5-7,9-10,15,18H,4,8H2,1-3H3. The van der Waals surface area contributed by atoms with Gasteiger partial charge in [0, 0.05) is 5.56 Å². The number of furan rings is 1. The minimum Gasteiger partial charge on any atom is -0.493 e. The van der Waals surface area contributed by atoms with Crippen molar-refractivity contribution in [2.45, 2.75) is 19.4 Å². The maximum absolute atomic E-state index is 5.39. The average Bonchev–Trinajstić information content (AvgIpc) is 2.93. The van der Waals surface area contributed by atoms with Crippen LogP contribution in [0.2, 0.25) is 0 Å². The first kappa shape index (κ1) is 15.9. The van der Waals surface area contributed by atoms with Crippen molar-refractivity contribution < 1.29 is 13.9 Å². The fourth-order valence-electron chi connectivity index (χ4n) is 2.24. The first-order chi connectivity index (χ1) is 10.2. The lowest BCUT2D eigenvalue weighted by Gasteiger charge is -2.19.